The van der Waals surface area contributed by atoms with Crippen molar-refractivity contribution in [2.24, 2.45) is 34.5 Å². The molecule has 0 radical (unpaired) electrons. The minimum absolute atomic E-state index is 0.00830. The first kappa shape index (κ1) is 20.1. The molecule has 4 saturated carbocycles. The maximum Gasteiger partial charge on any atom is 0.0809 e. The summed E-state index contributed by atoms with van der Waals surface area (Å²) in [6.07, 6.45) is 10.7. The van der Waals surface area contributed by atoms with Crippen molar-refractivity contribution in [1.29, 1.82) is 0 Å². The van der Waals surface area contributed by atoms with Crippen LogP contribution in [0.5, 0.6) is 0 Å². The fourth-order valence-corrected chi connectivity index (χ4v) is 8.22. The minimum Gasteiger partial charge on any atom is -0.393 e. The van der Waals surface area contributed by atoms with Crippen molar-refractivity contribution in [2.75, 3.05) is 0 Å². The summed E-state index contributed by atoms with van der Waals surface area (Å²) in [5.74, 6) is 2.70. The molecule has 5 rings (SSSR count). The molecule has 0 saturated heterocycles. The van der Waals surface area contributed by atoms with Crippen molar-refractivity contribution in [2.45, 2.75) is 77.4 Å². The number of benzene rings is 1. The number of aliphatic hydroxyl groups is 2. The van der Waals surface area contributed by atoms with Gasteiger partial charge in [-0.15, -0.1) is 0 Å². The van der Waals surface area contributed by atoms with Gasteiger partial charge in [0.05, 0.1) is 12.2 Å². The molecule has 29 heavy (non-hydrogen) atoms. The molecule has 1 aromatic carbocycles. The van der Waals surface area contributed by atoms with Crippen molar-refractivity contribution < 1.29 is 10.2 Å². The standard InChI is InChI=1S/C26H35ClO2/c1-25-11-9-19(28)15-18(25)7-8-20-21(25)10-12-26(2)22(20)14-17(24(26)29)13-16-5-3-4-6-23(16)27/h3-6,13,18-22,24,28-29H,7-12,14-15H2,1-2H3/b17-13+/t18-,19-,20-,21+,22+,24+,25+,26+/m1/s1. The van der Waals surface area contributed by atoms with E-state index in [0.29, 0.717) is 23.2 Å². The van der Waals surface area contributed by atoms with Gasteiger partial charge in [0.2, 0.25) is 0 Å². The van der Waals surface area contributed by atoms with Gasteiger partial charge in [-0.25, -0.2) is 0 Å². The summed E-state index contributed by atoms with van der Waals surface area (Å²) in [6.45, 7) is 4.86. The third-order valence-corrected chi connectivity index (χ3v) is 10.1. The molecule has 0 bridgehead atoms. The zero-order valence-electron chi connectivity index (χ0n) is 17.8. The van der Waals surface area contributed by atoms with Crippen LogP contribution in [0.2, 0.25) is 5.02 Å². The van der Waals surface area contributed by atoms with E-state index >= 15 is 0 Å². The molecule has 8 atom stereocenters. The van der Waals surface area contributed by atoms with E-state index in [1.54, 1.807) is 0 Å². The van der Waals surface area contributed by atoms with Crippen molar-refractivity contribution in [3.05, 3.63) is 40.4 Å². The number of fused-ring (bicyclic) bond motifs is 5. The van der Waals surface area contributed by atoms with E-state index in [2.05, 4.69) is 26.0 Å². The molecular formula is C26H35ClO2. The van der Waals surface area contributed by atoms with Crippen LogP contribution < -0.4 is 0 Å². The van der Waals surface area contributed by atoms with Gasteiger partial charge in [-0.1, -0.05) is 49.7 Å². The molecule has 2 nitrogen and oxygen atoms in total. The molecule has 2 N–H and O–H groups in total. The fourth-order valence-electron chi connectivity index (χ4n) is 8.03. The largest absolute Gasteiger partial charge is 0.393 e. The average molecular weight is 415 g/mol. The lowest BCUT2D eigenvalue weighted by atomic mass is 9.45. The molecule has 1 aromatic rings. The summed E-state index contributed by atoms with van der Waals surface area (Å²) in [7, 11) is 0. The Morgan fingerprint density at radius 1 is 0.966 bits per heavy atom. The quantitative estimate of drug-likeness (QED) is 0.583. The SMILES string of the molecule is C[C@]12CC[C@@H](O)C[C@H]1CC[C@@H]1[C@@H]2CC[C@]2(C)[C@@H](O)/C(=C/c3ccccc3Cl)C[C@@H]12. The molecule has 4 aliphatic rings. The summed E-state index contributed by atoms with van der Waals surface area (Å²) < 4.78 is 0. The number of hydrogen-bond donors (Lipinski definition) is 2. The van der Waals surface area contributed by atoms with Crippen LogP contribution in [0.3, 0.4) is 0 Å². The Balaban J connectivity index is 1.45. The van der Waals surface area contributed by atoms with E-state index in [1.807, 2.05) is 18.2 Å². The van der Waals surface area contributed by atoms with Crippen LogP contribution in [-0.4, -0.2) is 22.4 Å². The third kappa shape index (κ3) is 3.05. The lowest BCUT2D eigenvalue weighted by molar-refractivity contribution is -0.133. The van der Waals surface area contributed by atoms with Crippen LogP contribution in [0.15, 0.2) is 29.8 Å². The fraction of sp³-hybridized carbons (Fsp3) is 0.692. The lowest BCUT2D eigenvalue weighted by Gasteiger charge is -2.60. The van der Waals surface area contributed by atoms with E-state index in [9.17, 15) is 10.2 Å². The van der Waals surface area contributed by atoms with Gasteiger partial charge in [-0.2, -0.15) is 0 Å². The molecule has 0 amide bonds. The summed E-state index contributed by atoms with van der Waals surface area (Å²) in [4.78, 5) is 0. The predicted molar refractivity (Wildman–Crippen MR) is 119 cm³/mol. The highest BCUT2D eigenvalue weighted by Crippen LogP contribution is 2.67. The molecule has 0 aliphatic heterocycles. The van der Waals surface area contributed by atoms with Crippen molar-refractivity contribution in [3.8, 4) is 0 Å². The highest BCUT2D eigenvalue weighted by atomic mass is 35.5. The molecule has 0 aromatic heterocycles. The second-order valence-electron chi connectivity index (χ2n) is 11.0. The normalized spacial score (nSPS) is 48.1. The Morgan fingerprint density at radius 2 is 1.72 bits per heavy atom. The van der Waals surface area contributed by atoms with Gasteiger partial charge in [0, 0.05) is 10.4 Å². The summed E-state index contributed by atoms with van der Waals surface area (Å²) in [6, 6.07) is 7.96. The van der Waals surface area contributed by atoms with Crippen molar-refractivity contribution in [3.63, 3.8) is 0 Å². The van der Waals surface area contributed by atoms with Gasteiger partial charge in [0.25, 0.3) is 0 Å². The minimum atomic E-state index is -0.358. The average Bonchev–Trinajstić information content (AvgIpc) is 2.95. The van der Waals surface area contributed by atoms with E-state index in [0.717, 1.165) is 42.2 Å². The second kappa shape index (κ2) is 7.11. The Morgan fingerprint density at radius 3 is 2.52 bits per heavy atom. The van der Waals surface area contributed by atoms with E-state index in [1.165, 1.54) is 31.3 Å². The Labute approximate surface area is 180 Å². The Hall–Kier alpha value is -0.830. The van der Waals surface area contributed by atoms with Gasteiger partial charge in [-0.3, -0.25) is 0 Å². The monoisotopic (exact) mass is 414 g/mol. The molecule has 3 heteroatoms. The zero-order valence-corrected chi connectivity index (χ0v) is 18.5. The highest BCUT2D eigenvalue weighted by Gasteiger charge is 2.61. The summed E-state index contributed by atoms with van der Waals surface area (Å²) >= 11 is 6.41. The molecular weight excluding hydrogens is 380 g/mol. The van der Waals surface area contributed by atoms with Gasteiger partial charge < -0.3 is 10.2 Å². The maximum absolute atomic E-state index is 11.4. The third-order valence-electron chi connectivity index (χ3n) is 9.75. The first-order valence-electron chi connectivity index (χ1n) is 11.6. The highest BCUT2D eigenvalue weighted by molar-refractivity contribution is 6.32. The molecule has 0 unspecified atom stereocenters. The number of hydrogen-bond acceptors (Lipinski definition) is 2. The number of rotatable bonds is 1. The first-order valence-corrected chi connectivity index (χ1v) is 12.0. The lowest BCUT2D eigenvalue weighted by Crippen LogP contribution is -2.54. The molecule has 0 spiro atoms. The molecule has 4 aliphatic carbocycles. The first-order chi connectivity index (χ1) is 13.8. The van der Waals surface area contributed by atoms with Gasteiger partial charge >= 0.3 is 0 Å². The number of aliphatic hydroxyl groups excluding tert-OH is 2. The van der Waals surface area contributed by atoms with Crippen molar-refractivity contribution in [1.82, 2.24) is 0 Å². The number of halogens is 1. The topological polar surface area (TPSA) is 40.5 Å². The Kier molecular flexibility index (Phi) is 4.92. The molecule has 0 heterocycles. The smallest absolute Gasteiger partial charge is 0.0809 e. The molecule has 4 fully saturated rings. The molecule has 158 valence electrons. The summed E-state index contributed by atoms with van der Waals surface area (Å²) in [5.41, 5.74) is 2.58. The summed E-state index contributed by atoms with van der Waals surface area (Å²) in [5, 5.41) is 22.4. The van der Waals surface area contributed by atoms with E-state index in [4.69, 9.17) is 11.6 Å². The Bertz CT molecular complexity index is 819. The van der Waals surface area contributed by atoms with Crippen LogP contribution in [0.25, 0.3) is 6.08 Å². The van der Waals surface area contributed by atoms with Crippen LogP contribution in [0, 0.1) is 34.5 Å². The maximum atomic E-state index is 11.4. The predicted octanol–water partition coefficient (Wildman–Crippen LogP) is 6.10. The van der Waals surface area contributed by atoms with Crippen molar-refractivity contribution >= 4 is 17.7 Å². The van der Waals surface area contributed by atoms with Gasteiger partial charge in [0.15, 0.2) is 0 Å². The van der Waals surface area contributed by atoms with Crippen LogP contribution in [0.4, 0.5) is 0 Å². The van der Waals surface area contributed by atoms with Crippen LogP contribution in [0.1, 0.15) is 70.8 Å². The second-order valence-corrected chi connectivity index (χ2v) is 11.4. The van der Waals surface area contributed by atoms with E-state index < -0.39 is 0 Å². The van der Waals surface area contributed by atoms with Crippen LogP contribution >= 0.6 is 11.6 Å². The van der Waals surface area contributed by atoms with Gasteiger partial charge in [0.1, 0.15) is 0 Å². The zero-order chi connectivity index (χ0) is 20.4. The van der Waals surface area contributed by atoms with E-state index in [-0.39, 0.29) is 17.6 Å². The van der Waals surface area contributed by atoms with Gasteiger partial charge in [-0.05, 0) is 97.7 Å². The van der Waals surface area contributed by atoms with Crippen LogP contribution in [-0.2, 0) is 0 Å².